The number of nitrogens with zero attached hydrogens (tertiary/aromatic N) is 5. The highest BCUT2D eigenvalue weighted by atomic mass is 35.5. The van der Waals surface area contributed by atoms with Crippen LogP contribution in [-0.2, 0) is 0 Å². The van der Waals surface area contributed by atoms with Crippen LogP contribution < -0.4 is 4.90 Å². The molecule has 0 spiro atoms. The minimum Gasteiger partial charge on any atom is -0.436 e. The van der Waals surface area contributed by atoms with E-state index in [9.17, 15) is 0 Å². The molecule has 0 amide bonds. The molecule has 0 N–H and O–H groups in total. The van der Waals surface area contributed by atoms with Crippen LogP contribution in [0.1, 0.15) is 30.7 Å². The van der Waals surface area contributed by atoms with Gasteiger partial charge in [0, 0.05) is 24.9 Å². The Kier molecular flexibility index (Phi) is 4.30. The minimum atomic E-state index is 0.202. The van der Waals surface area contributed by atoms with Crippen LogP contribution in [0.25, 0.3) is 0 Å². The van der Waals surface area contributed by atoms with Gasteiger partial charge < -0.3 is 9.32 Å². The predicted octanol–water partition coefficient (Wildman–Crippen LogP) is 3.27. The van der Waals surface area contributed by atoms with Crippen molar-refractivity contribution in [2.24, 2.45) is 0 Å². The standard InChI is InChI=1S/C13H16ClN5OS/c1-8-9(2)20-13(15-8)21-12-17-10(14)16-11(18-12)19-6-4-3-5-7-19/h3-7H2,1-2H3. The SMILES string of the molecule is Cc1nc(Sc2nc(Cl)nc(N3CCCCC3)n2)oc1C. The maximum absolute atomic E-state index is 6.02. The van der Waals surface area contributed by atoms with Gasteiger partial charge in [0.2, 0.25) is 16.4 Å². The Labute approximate surface area is 132 Å². The largest absolute Gasteiger partial charge is 0.436 e. The number of aromatic nitrogens is 4. The third-order valence-corrected chi connectivity index (χ3v) is 4.29. The van der Waals surface area contributed by atoms with Crippen LogP contribution in [0.3, 0.4) is 0 Å². The van der Waals surface area contributed by atoms with E-state index in [1.54, 1.807) is 0 Å². The van der Waals surface area contributed by atoms with E-state index in [-0.39, 0.29) is 5.28 Å². The molecular formula is C13H16ClN5OS. The second kappa shape index (κ2) is 6.19. The van der Waals surface area contributed by atoms with Gasteiger partial charge in [0.05, 0.1) is 5.69 Å². The highest BCUT2D eigenvalue weighted by Gasteiger charge is 2.17. The maximum atomic E-state index is 6.02. The van der Waals surface area contributed by atoms with E-state index in [0.29, 0.717) is 16.3 Å². The number of halogens is 1. The average molecular weight is 326 g/mol. The molecule has 0 saturated carbocycles. The number of rotatable bonds is 3. The van der Waals surface area contributed by atoms with Crippen molar-refractivity contribution in [1.82, 2.24) is 19.9 Å². The van der Waals surface area contributed by atoms with E-state index >= 15 is 0 Å². The lowest BCUT2D eigenvalue weighted by Crippen LogP contribution is -2.31. The first kappa shape index (κ1) is 14.6. The Morgan fingerprint density at radius 1 is 1.05 bits per heavy atom. The van der Waals surface area contributed by atoms with Gasteiger partial charge in [-0.3, -0.25) is 0 Å². The summed E-state index contributed by atoms with van der Waals surface area (Å²) in [5, 5.41) is 1.24. The first-order valence-corrected chi connectivity index (χ1v) is 8.09. The Morgan fingerprint density at radius 3 is 2.48 bits per heavy atom. The van der Waals surface area contributed by atoms with Crippen molar-refractivity contribution in [1.29, 1.82) is 0 Å². The molecule has 3 heterocycles. The van der Waals surface area contributed by atoms with Gasteiger partial charge in [0.25, 0.3) is 5.22 Å². The lowest BCUT2D eigenvalue weighted by Gasteiger charge is -2.26. The maximum Gasteiger partial charge on any atom is 0.264 e. The molecule has 8 heteroatoms. The lowest BCUT2D eigenvalue weighted by atomic mass is 10.1. The van der Waals surface area contributed by atoms with Crippen molar-refractivity contribution in [3.63, 3.8) is 0 Å². The summed E-state index contributed by atoms with van der Waals surface area (Å²) in [5.74, 6) is 1.44. The van der Waals surface area contributed by atoms with Crippen LogP contribution in [0.15, 0.2) is 14.8 Å². The normalized spacial score (nSPS) is 15.5. The minimum absolute atomic E-state index is 0.202. The number of hydrogen-bond donors (Lipinski definition) is 0. The number of oxazole rings is 1. The Bertz CT molecular complexity index is 622. The van der Waals surface area contributed by atoms with Gasteiger partial charge in [-0.25, -0.2) is 4.98 Å². The van der Waals surface area contributed by atoms with Crippen LogP contribution in [0.4, 0.5) is 5.95 Å². The van der Waals surface area contributed by atoms with E-state index < -0.39 is 0 Å². The second-order valence-electron chi connectivity index (χ2n) is 4.96. The molecule has 0 aromatic carbocycles. The number of piperidine rings is 1. The third kappa shape index (κ3) is 3.47. The lowest BCUT2D eigenvalue weighted by molar-refractivity contribution is 0.430. The van der Waals surface area contributed by atoms with E-state index in [4.69, 9.17) is 16.0 Å². The van der Waals surface area contributed by atoms with E-state index in [2.05, 4.69) is 24.8 Å². The third-order valence-electron chi connectivity index (χ3n) is 3.40. The van der Waals surface area contributed by atoms with Crippen molar-refractivity contribution < 1.29 is 4.42 Å². The quantitative estimate of drug-likeness (QED) is 0.857. The molecule has 0 atom stereocenters. The van der Waals surface area contributed by atoms with Crippen LogP contribution in [0.5, 0.6) is 0 Å². The molecule has 2 aromatic heterocycles. The van der Waals surface area contributed by atoms with Crippen molar-refractivity contribution in [3.05, 3.63) is 16.7 Å². The first-order chi connectivity index (χ1) is 10.1. The van der Waals surface area contributed by atoms with Gasteiger partial charge in [-0.2, -0.15) is 15.0 Å². The summed E-state index contributed by atoms with van der Waals surface area (Å²) >= 11 is 7.28. The zero-order valence-corrected chi connectivity index (χ0v) is 13.5. The van der Waals surface area contributed by atoms with Crippen LogP contribution >= 0.6 is 23.4 Å². The van der Waals surface area contributed by atoms with Gasteiger partial charge in [-0.15, -0.1) is 0 Å². The predicted molar refractivity (Wildman–Crippen MR) is 81.0 cm³/mol. The van der Waals surface area contributed by atoms with E-state index in [1.807, 2.05) is 13.8 Å². The molecule has 2 aromatic rings. The van der Waals surface area contributed by atoms with Gasteiger partial charge in [0.15, 0.2) is 0 Å². The van der Waals surface area contributed by atoms with Crippen LogP contribution in [-0.4, -0.2) is 33.0 Å². The summed E-state index contributed by atoms with van der Waals surface area (Å²) in [6, 6.07) is 0. The van der Waals surface area contributed by atoms with Crippen LogP contribution in [0.2, 0.25) is 5.28 Å². The topological polar surface area (TPSA) is 67.9 Å². The zero-order valence-electron chi connectivity index (χ0n) is 12.0. The van der Waals surface area contributed by atoms with Gasteiger partial charge in [-0.05, 0) is 44.7 Å². The molecule has 1 saturated heterocycles. The monoisotopic (exact) mass is 325 g/mol. The summed E-state index contributed by atoms with van der Waals surface area (Å²) in [4.78, 5) is 19.3. The molecular weight excluding hydrogens is 310 g/mol. The van der Waals surface area contributed by atoms with Gasteiger partial charge >= 0.3 is 0 Å². The molecule has 1 fully saturated rings. The fraction of sp³-hybridized carbons (Fsp3) is 0.538. The Balaban J connectivity index is 1.83. The number of anilines is 1. The van der Waals surface area contributed by atoms with E-state index in [1.165, 1.54) is 18.2 Å². The fourth-order valence-electron chi connectivity index (χ4n) is 2.17. The molecule has 6 nitrogen and oxygen atoms in total. The summed E-state index contributed by atoms with van der Waals surface area (Å²) < 4.78 is 5.54. The molecule has 0 bridgehead atoms. The van der Waals surface area contributed by atoms with Gasteiger partial charge in [0.1, 0.15) is 5.76 Å². The number of aryl methyl sites for hydroxylation is 2. The van der Waals surface area contributed by atoms with Crippen molar-refractivity contribution >= 4 is 29.3 Å². The first-order valence-electron chi connectivity index (χ1n) is 6.90. The highest BCUT2D eigenvalue weighted by Crippen LogP contribution is 2.28. The molecule has 112 valence electrons. The smallest absolute Gasteiger partial charge is 0.264 e. The Hall–Kier alpha value is -1.34. The molecule has 0 unspecified atom stereocenters. The molecule has 1 aliphatic rings. The van der Waals surface area contributed by atoms with Gasteiger partial charge in [-0.1, -0.05) is 0 Å². The molecule has 0 aliphatic carbocycles. The van der Waals surface area contributed by atoms with E-state index in [0.717, 1.165) is 37.4 Å². The van der Waals surface area contributed by atoms with Crippen molar-refractivity contribution in [3.8, 4) is 0 Å². The number of hydrogen-bond acceptors (Lipinski definition) is 7. The average Bonchev–Trinajstić information content (AvgIpc) is 2.77. The summed E-state index contributed by atoms with van der Waals surface area (Å²) in [7, 11) is 0. The second-order valence-corrected chi connectivity index (χ2v) is 6.21. The highest BCUT2D eigenvalue weighted by molar-refractivity contribution is 7.98. The van der Waals surface area contributed by atoms with Crippen molar-refractivity contribution in [2.75, 3.05) is 18.0 Å². The molecule has 21 heavy (non-hydrogen) atoms. The summed E-state index contributed by atoms with van der Waals surface area (Å²) in [6.45, 7) is 5.71. The molecule has 1 aliphatic heterocycles. The zero-order chi connectivity index (χ0) is 14.8. The summed E-state index contributed by atoms with van der Waals surface area (Å²) in [5.41, 5.74) is 0.869. The molecule has 3 rings (SSSR count). The Morgan fingerprint density at radius 2 is 1.81 bits per heavy atom. The summed E-state index contributed by atoms with van der Waals surface area (Å²) in [6.07, 6.45) is 3.57. The fourth-order valence-corrected chi connectivity index (χ4v) is 3.14. The van der Waals surface area contributed by atoms with Crippen LogP contribution in [0, 0.1) is 13.8 Å². The van der Waals surface area contributed by atoms with Crippen molar-refractivity contribution in [2.45, 2.75) is 43.5 Å². The molecule has 0 radical (unpaired) electrons.